The Balaban J connectivity index is 2.40. The first-order valence-electron chi connectivity index (χ1n) is 4.52. The van der Waals surface area contributed by atoms with Crippen LogP contribution in [0.4, 0.5) is 0 Å². The molecule has 0 atom stereocenters. The molecule has 4 heteroatoms. The Morgan fingerprint density at radius 1 is 1.53 bits per heavy atom. The normalized spacial score (nSPS) is 9.60. The SMILES string of the molecule is C=CCNC(=O)CSc1ccccc1O. The van der Waals surface area contributed by atoms with Gasteiger partial charge in [-0.3, -0.25) is 4.79 Å². The number of aromatic hydroxyl groups is 1. The number of phenolic OH excluding ortho intramolecular Hbond substituents is 1. The van der Waals surface area contributed by atoms with Gasteiger partial charge in [-0.15, -0.1) is 18.3 Å². The molecule has 0 aliphatic rings. The molecule has 1 rings (SSSR count). The molecule has 0 fully saturated rings. The van der Waals surface area contributed by atoms with Crippen LogP contribution in [0.2, 0.25) is 0 Å². The van der Waals surface area contributed by atoms with E-state index in [-0.39, 0.29) is 11.7 Å². The van der Waals surface area contributed by atoms with Crippen molar-refractivity contribution in [3.8, 4) is 5.75 Å². The summed E-state index contributed by atoms with van der Waals surface area (Å²) >= 11 is 1.31. The Labute approximate surface area is 93.2 Å². The third-order valence-electron chi connectivity index (χ3n) is 1.67. The van der Waals surface area contributed by atoms with Crippen molar-refractivity contribution in [1.29, 1.82) is 0 Å². The van der Waals surface area contributed by atoms with Gasteiger partial charge >= 0.3 is 0 Å². The van der Waals surface area contributed by atoms with Gasteiger partial charge < -0.3 is 10.4 Å². The summed E-state index contributed by atoms with van der Waals surface area (Å²) in [7, 11) is 0. The van der Waals surface area contributed by atoms with E-state index in [1.165, 1.54) is 11.8 Å². The summed E-state index contributed by atoms with van der Waals surface area (Å²) in [6.45, 7) is 3.98. The largest absolute Gasteiger partial charge is 0.507 e. The molecular formula is C11H13NO2S. The van der Waals surface area contributed by atoms with Gasteiger partial charge in [-0.05, 0) is 12.1 Å². The average Bonchev–Trinajstić information content (AvgIpc) is 2.25. The summed E-state index contributed by atoms with van der Waals surface area (Å²) in [6.07, 6.45) is 1.63. The monoisotopic (exact) mass is 223 g/mol. The smallest absolute Gasteiger partial charge is 0.230 e. The van der Waals surface area contributed by atoms with Crippen LogP contribution in [0.25, 0.3) is 0 Å². The van der Waals surface area contributed by atoms with Crippen molar-refractivity contribution in [3.63, 3.8) is 0 Å². The first-order chi connectivity index (χ1) is 7.24. The number of amides is 1. The van der Waals surface area contributed by atoms with E-state index in [1.807, 2.05) is 6.07 Å². The van der Waals surface area contributed by atoms with Crippen LogP contribution in [0.5, 0.6) is 5.75 Å². The van der Waals surface area contributed by atoms with Crippen molar-refractivity contribution in [3.05, 3.63) is 36.9 Å². The predicted molar refractivity (Wildman–Crippen MR) is 62.0 cm³/mol. The lowest BCUT2D eigenvalue weighted by Crippen LogP contribution is -2.24. The Bertz CT molecular complexity index is 352. The van der Waals surface area contributed by atoms with Crippen LogP contribution < -0.4 is 5.32 Å². The minimum absolute atomic E-state index is 0.0665. The number of para-hydroxylation sites is 1. The predicted octanol–water partition coefficient (Wildman–Crippen LogP) is 1.79. The standard InChI is InChI=1S/C11H13NO2S/c1-2-7-12-11(14)8-15-10-6-4-3-5-9(10)13/h2-6,13H,1,7-8H2,(H,12,14). The summed E-state index contributed by atoms with van der Waals surface area (Å²) < 4.78 is 0. The highest BCUT2D eigenvalue weighted by Gasteiger charge is 2.04. The Kier molecular flexibility index (Phi) is 4.77. The maximum absolute atomic E-state index is 11.2. The van der Waals surface area contributed by atoms with E-state index in [0.717, 1.165) is 0 Å². The van der Waals surface area contributed by atoms with Crippen LogP contribution in [-0.4, -0.2) is 23.3 Å². The molecule has 0 heterocycles. The lowest BCUT2D eigenvalue weighted by Gasteiger charge is -2.03. The Hall–Kier alpha value is -1.42. The fraction of sp³-hybridized carbons (Fsp3) is 0.182. The lowest BCUT2D eigenvalue weighted by molar-refractivity contribution is -0.118. The maximum Gasteiger partial charge on any atom is 0.230 e. The lowest BCUT2D eigenvalue weighted by atomic mass is 10.3. The topological polar surface area (TPSA) is 49.3 Å². The molecular weight excluding hydrogens is 210 g/mol. The van der Waals surface area contributed by atoms with E-state index >= 15 is 0 Å². The van der Waals surface area contributed by atoms with Gasteiger partial charge in [0.05, 0.1) is 5.75 Å². The van der Waals surface area contributed by atoms with E-state index in [1.54, 1.807) is 24.3 Å². The van der Waals surface area contributed by atoms with Crippen LogP contribution in [0.15, 0.2) is 41.8 Å². The van der Waals surface area contributed by atoms with Crippen molar-refractivity contribution in [2.45, 2.75) is 4.90 Å². The van der Waals surface area contributed by atoms with Gasteiger partial charge in [0, 0.05) is 11.4 Å². The summed E-state index contributed by atoms with van der Waals surface area (Å²) in [5, 5.41) is 12.1. The van der Waals surface area contributed by atoms with Crippen LogP contribution in [0, 0.1) is 0 Å². The Morgan fingerprint density at radius 2 is 2.27 bits per heavy atom. The Morgan fingerprint density at radius 3 is 2.93 bits per heavy atom. The molecule has 0 unspecified atom stereocenters. The van der Waals surface area contributed by atoms with Crippen molar-refractivity contribution < 1.29 is 9.90 Å². The molecule has 0 bridgehead atoms. The molecule has 0 saturated heterocycles. The molecule has 80 valence electrons. The molecule has 0 aromatic heterocycles. The third-order valence-corrected chi connectivity index (χ3v) is 2.73. The van der Waals surface area contributed by atoms with Crippen LogP contribution in [0.3, 0.4) is 0 Å². The van der Waals surface area contributed by atoms with Crippen LogP contribution >= 0.6 is 11.8 Å². The highest BCUT2D eigenvalue weighted by atomic mass is 32.2. The first-order valence-corrected chi connectivity index (χ1v) is 5.51. The van der Waals surface area contributed by atoms with Gasteiger partial charge in [-0.2, -0.15) is 0 Å². The first kappa shape index (κ1) is 11.7. The number of hydrogen-bond acceptors (Lipinski definition) is 3. The van der Waals surface area contributed by atoms with Crippen LogP contribution in [-0.2, 0) is 4.79 Å². The minimum atomic E-state index is -0.0665. The second kappa shape index (κ2) is 6.14. The number of hydrogen-bond donors (Lipinski definition) is 2. The zero-order valence-corrected chi connectivity index (χ0v) is 9.09. The van der Waals surface area contributed by atoms with E-state index in [9.17, 15) is 9.90 Å². The molecule has 3 nitrogen and oxygen atoms in total. The van der Waals surface area contributed by atoms with E-state index in [0.29, 0.717) is 17.2 Å². The average molecular weight is 223 g/mol. The van der Waals surface area contributed by atoms with E-state index < -0.39 is 0 Å². The third kappa shape index (κ3) is 4.08. The van der Waals surface area contributed by atoms with Crippen molar-refractivity contribution in [2.24, 2.45) is 0 Å². The van der Waals surface area contributed by atoms with Crippen LogP contribution in [0.1, 0.15) is 0 Å². The van der Waals surface area contributed by atoms with Gasteiger partial charge in [0.25, 0.3) is 0 Å². The minimum Gasteiger partial charge on any atom is -0.507 e. The van der Waals surface area contributed by atoms with Gasteiger partial charge in [0.15, 0.2) is 0 Å². The summed E-state index contributed by atoms with van der Waals surface area (Å²) in [5.41, 5.74) is 0. The maximum atomic E-state index is 11.2. The van der Waals surface area contributed by atoms with Gasteiger partial charge in [0.1, 0.15) is 5.75 Å². The number of thioether (sulfide) groups is 1. The quantitative estimate of drug-likeness (QED) is 0.591. The van der Waals surface area contributed by atoms with Crippen molar-refractivity contribution in [1.82, 2.24) is 5.32 Å². The molecule has 0 radical (unpaired) electrons. The molecule has 1 amide bonds. The highest BCUT2D eigenvalue weighted by Crippen LogP contribution is 2.27. The summed E-state index contributed by atoms with van der Waals surface area (Å²) in [5.74, 6) is 0.438. The van der Waals surface area contributed by atoms with Gasteiger partial charge in [-0.1, -0.05) is 18.2 Å². The molecule has 0 aliphatic carbocycles. The molecule has 15 heavy (non-hydrogen) atoms. The molecule has 0 aliphatic heterocycles. The number of phenols is 1. The summed E-state index contributed by atoms with van der Waals surface area (Å²) in [4.78, 5) is 11.9. The second-order valence-corrected chi connectivity index (χ2v) is 3.87. The van der Waals surface area contributed by atoms with Gasteiger partial charge in [-0.25, -0.2) is 0 Å². The number of carbonyl (C=O) groups excluding carboxylic acids is 1. The highest BCUT2D eigenvalue weighted by molar-refractivity contribution is 8.00. The fourth-order valence-electron chi connectivity index (χ4n) is 0.960. The molecule has 1 aromatic rings. The fourth-order valence-corrected chi connectivity index (χ4v) is 1.74. The number of rotatable bonds is 5. The second-order valence-electron chi connectivity index (χ2n) is 2.85. The molecule has 0 spiro atoms. The van der Waals surface area contributed by atoms with Gasteiger partial charge in [0.2, 0.25) is 5.91 Å². The zero-order valence-electron chi connectivity index (χ0n) is 8.27. The van der Waals surface area contributed by atoms with E-state index in [4.69, 9.17) is 0 Å². The summed E-state index contributed by atoms with van der Waals surface area (Å²) in [6, 6.07) is 6.95. The molecule has 2 N–H and O–H groups in total. The van der Waals surface area contributed by atoms with Crippen molar-refractivity contribution >= 4 is 17.7 Å². The molecule has 0 saturated carbocycles. The van der Waals surface area contributed by atoms with Crippen molar-refractivity contribution in [2.75, 3.05) is 12.3 Å². The molecule has 1 aromatic carbocycles. The number of benzene rings is 1. The number of carbonyl (C=O) groups is 1. The van der Waals surface area contributed by atoms with E-state index in [2.05, 4.69) is 11.9 Å². The zero-order chi connectivity index (χ0) is 11.1. The number of nitrogens with one attached hydrogen (secondary N) is 1.